The van der Waals surface area contributed by atoms with Crippen molar-refractivity contribution in [2.75, 3.05) is 16.4 Å². The predicted molar refractivity (Wildman–Crippen MR) is 197 cm³/mol. The van der Waals surface area contributed by atoms with Crippen molar-refractivity contribution >= 4 is 34.8 Å². The Kier molecular flexibility index (Phi) is 12.5. The second kappa shape index (κ2) is 17.2. The number of nitrogens with zero attached hydrogens (tertiary/aromatic N) is 9. The van der Waals surface area contributed by atoms with Crippen LogP contribution in [0.2, 0.25) is 0 Å². The summed E-state index contributed by atoms with van der Waals surface area (Å²) in [5, 5.41) is 30.1. The fourth-order valence-electron chi connectivity index (χ4n) is 5.25. The summed E-state index contributed by atoms with van der Waals surface area (Å²) < 4.78 is 108. The number of aromatic nitrogens is 8. The lowest BCUT2D eigenvalue weighted by Gasteiger charge is -2.18. The minimum Gasteiger partial charge on any atom is -0.398 e. The van der Waals surface area contributed by atoms with Gasteiger partial charge in [0.25, 0.3) is 17.5 Å². The number of aryl methyl sites for hydroxylation is 2. The Morgan fingerprint density at radius 1 is 0.717 bits per heavy atom. The number of nitro groups is 1. The van der Waals surface area contributed by atoms with E-state index >= 15 is 0 Å². The smallest absolute Gasteiger partial charge is 0.398 e. The Balaban J connectivity index is 0.000000228. The van der Waals surface area contributed by atoms with E-state index in [9.17, 15) is 54.8 Å². The molecule has 24 heteroatoms. The van der Waals surface area contributed by atoms with Crippen LogP contribution in [0, 0.1) is 35.6 Å². The molecule has 0 unspecified atom stereocenters. The Hall–Kier alpha value is -7.40. The predicted octanol–water partition coefficient (Wildman–Crippen LogP) is 7.82. The molecule has 0 saturated carbocycles. The molecule has 4 aromatic heterocycles. The number of anilines is 3. The summed E-state index contributed by atoms with van der Waals surface area (Å²) in [6, 6.07) is 8.54. The van der Waals surface area contributed by atoms with Gasteiger partial charge < -0.3 is 25.5 Å². The van der Waals surface area contributed by atoms with Crippen molar-refractivity contribution in [3.63, 3.8) is 0 Å². The number of pyridine rings is 2. The molecule has 4 N–H and O–H groups in total. The number of nitrogens with one attached hydrogen (secondary N) is 2. The number of hydrogen-bond donors (Lipinski definition) is 3. The first kappa shape index (κ1) is 43.7. The molecule has 0 aliphatic rings. The van der Waals surface area contributed by atoms with Crippen LogP contribution in [0.3, 0.4) is 0 Å². The van der Waals surface area contributed by atoms with Crippen molar-refractivity contribution in [3.8, 4) is 23.0 Å². The molecule has 0 saturated heterocycles. The van der Waals surface area contributed by atoms with Crippen LogP contribution >= 0.6 is 0 Å². The standard InChI is InChI=1S/C18H14F4N6O3.C18H16F4N6O/c1-9-6-12(19)11(7-14(9)28(30)31)17(29)25-15-5-3-4-13(24-15)16-26-23-8-27(16)10(2)18(20,21)22;1-9-6-12(19)11(7-13(9)23)17(29)26-15-5-3-4-14(25-15)16-27-24-8-28(16)10(2)18(20,21)22/h3-8,10H,1-2H3,(H,24,25,29);3-8,10H,23H2,1-2H3,(H,25,26,29)/t2*10-/m00/s1. The lowest BCUT2D eigenvalue weighted by Crippen LogP contribution is -2.24. The summed E-state index contributed by atoms with van der Waals surface area (Å²) in [5.74, 6) is -4.01. The molecular formula is C36H30F8N12O4. The molecule has 2 amide bonds. The van der Waals surface area contributed by atoms with E-state index in [0.29, 0.717) is 5.56 Å². The van der Waals surface area contributed by atoms with Crippen LogP contribution in [0.4, 0.5) is 58.1 Å². The Morgan fingerprint density at radius 2 is 1.13 bits per heavy atom. The second-order valence-corrected chi connectivity index (χ2v) is 12.8. The van der Waals surface area contributed by atoms with Crippen LogP contribution in [0.25, 0.3) is 23.0 Å². The van der Waals surface area contributed by atoms with Gasteiger partial charge in [0.05, 0.1) is 16.1 Å². The third kappa shape index (κ3) is 9.82. The number of hydrogen-bond acceptors (Lipinski definition) is 11. The van der Waals surface area contributed by atoms with E-state index in [2.05, 4.69) is 41.0 Å². The first-order valence-corrected chi connectivity index (χ1v) is 17.1. The molecule has 16 nitrogen and oxygen atoms in total. The van der Waals surface area contributed by atoms with Crippen LogP contribution in [0.15, 0.2) is 73.3 Å². The lowest BCUT2D eigenvalue weighted by molar-refractivity contribution is -0.385. The van der Waals surface area contributed by atoms with Crippen molar-refractivity contribution in [2.24, 2.45) is 0 Å². The SMILES string of the molecule is Cc1cc(F)c(C(=O)Nc2cccc(-c3nncn3[C@@H](C)C(F)(F)F)n2)cc1N.Cc1cc(F)c(C(=O)Nc2cccc(-c3nncn3[C@@H](C)C(F)(F)F)n2)cc1[N+](=O)[O-]. The zero-order valence-electron chi connectivity index (χ0n) is 31.3. The van der Waals surface area contributed by atoms with E-state index in [-0.39, 0.29) is 51.5 Å². The fraction of sp³-hybridized carbons (Fsp3) is 0.222. The minimum absolute atomic E-state index is 0.000239. The van der Waals surface area contributed by atoms with E-state index in [1.54, 1.807) is 6.92 Å². The zero-order chi connectivity index (χ0) is 44.3. The Labute approximate surface area is 332 Å². The van der Waals surface area contributed by atoms with Crippen LogP contribution < -0.4 is 16.4 Å². The Bertz CT molecular complexity index is 2580. The van der Waals surface area contributed by atoms with E-state index in [4.69, 9.17) is 5.73 Å². The molecule has 0 bridgehead atoms. The number of amides is 2. The largest absolute Gasteiger partial charge is 0.408 e. The number of halogens is 8. The number of benzene rings is 2. The molecule has 314 valence electrons. The number of nitro benzene ring substituents is 1. The number of carbonyl (C=O) groups excluding carboxylic acids is 2. The highest BCUT2D eigenvalue weighted by atomic mass is 19.4. The molecule has 6 aromatic rings. The highest BCUT2D eigenvalue weighted by Gasteiger charge is 2.40. The van der Waals surface area contributed by atoms with Gasteiger partial charge in [0, 0.05) is 17.3 Å². The van der Waals surface area contributed by atoms with Gasteiger partial charge in [-0.2, -0.15) is 26.3 Å². The summed E-state index contributed by atoms with van der Waals surface area (Å²) in [7, 11) is 0. The summed E-state index contributed by atoms with van der Waals surface area (Å²) in [6.07, 6.45) is -7.21. The Morgan fingerprint density at radius 3 is 1.55 bits per heavy atom. The summed E-state index contributed by atoms with van der Waals surface area (Å²) >= 11 is 0. The first-order chi connectivity index (χ1) is 28.1. The van der Waals surface area contributed by atoms with E-state index in [0.717, 1.165) is 53.8 Å². The normalized spacial score (nSPS) is 12.5. The van der Waals surface area contributed by atoms with E-state index < -0.39 is 64.1 Å². The number of carbonyl (C=O) groups is 2. The third-order valence-corrected chi connectivity index (χ3v) is 8.69. The molecule has 0 radical (unpaired) electrons. The molecule has 0 aliphatic carbocycles. The van der Waals surface area contributed by atoms with Gasteiger partial charge in [-0.25, -0.2) is 18.7 Å². The molecule has 0 fully saturated rings. The molecule has 4 heterocycles. The number of nitrogen functional groups attached to an aromatic ring is 1. The average Bonchev–Trinajstić information content (AvgIpc) is 3.86. The highest BCUT2D eigenvalue weighted by molar-refractivity contribution is 6.05. The average molecular weight is 847 g/mol. The summed E-state index contributed by atoms with van der Waals surface area (Å²) in [6.45, 7) is 4.81. The van der Waals surface area contributed by atoms with Gasteiger partial charge in [0.1, 0.15) is 59.4 Å². The zero-order valence-corrected chi connectivity index (χ0v) is 31.3. The van der Waals surface area contributed by atoms with Crippen molar-refractivity contribution in [3.05, 3.63) is 117 Å². The number of nitrogens with two attached hydrogens (primary N) is 1. The first-order valence-electron chi connectivity index (χ1n) is 17.1. The monoisotopic (exact) mass is 846 g/mol. The topological polar surface area (TPSA) is 215 Å². The quantitative estimate of drug-likeness (QED) is 0.0552. The molecule has 0 aliphatic heterocycles. The van der Waals surface area contributed by atoms with Crippen LogP contribution in [0.5, 0.6) is 0 Å². The number of rotatable bonds is 9. The van der Waals surface area contributed by atoms with Crippen molar-refractivity contribution < 1.29 is 49.6 Å². The van der Waals surface area contributed by atoms with Gasteiger partial charge in [-0.3, -0.25) is 19.7 Å². The van der Waals surface area contributed by atoms with Crippen LogP contribution in [-0.2, 0) is 0 Å². The second-order valence-electron chi connectivity index (χ2n) is 12.8. The summed E-state index contributed by atoms with van der Waals surface area (Å²) in [4.78, 5) is 43.2. The summed E-state index contributed by atoms with van der Waals surface area (Å²) in [5.41, 5.74) is 5.20. The van der Waals surface area contributed by atoms with Gasteiger partial charge in [-0.1, -0.05) is 12.1 Å². The maximum Gasteiger partial charge on any atom is 0.408 e. The van der Waals surface area contributed by atoms with Crippen LogP contribution in [-0.4, -0.2) is 68.6 Å². The maximum atomic E-state index is 14.2. The molecule has 0 spiro atoms. The molecule has 6 rings (SSSR count). The van der Waals surface area contributed by atoms with Crippen molar-refractivity contribution in [2.45, 2.75) is 52.1 Å². The molecule has 2 aromatic carbocycles. The van der Waals surface area contributed by atoms with Gasteiger partial charge in [0.15, 0.2) is 11.6 Å². The van der Waals surface area contributed by atoms with Crippen molar-refractivity contribution in [1.82, 2.24) is 39.5 Å². The molecule has 2 atom stereocenters. The third-order valence-electron chi connectivity index (χ3n) is 8.69. The molecular weight excluding hydrogens is 816 g/mol. The lowest BCUT2D eigenvalue weighted by atomic mass is 10.1. The van der Waals surface area contributed by atoms with Gasteiger partial charge in [-0.05, 0) is 75.7 Å². The van der Waals surface area contributed by atoms with Crippen LogP contribution in [0.1, 0.15) is 57.8 Å². The fourth-order valence-corrected chi connectivity index (χ4v) is 5.25. The van der Waals surface area contributed by atoms with E-state index in [1.165, 1.54) is 49.4 Å². The van der Waals surface area contributed by atoms with E-state index in [1.807, 2.05) is 0 Å². The molecule has 60 heavy (non-hydrogen) atoms. The van der Waals surface area contributed by atoms with Gasteiger partial charge in [0.2, 0.25) is 0 Å². The number of alkyl halides is 6. The van der Waals surface area contributed by atoms with Gasteiger partial charge in [-0.15, -0.1) is 20.4 Å². The van der Waals surface area contributed by atoms with Gasteiger partial charge >= 0.3 is 12.4 Å². The maximum absolute atomic E-state index is 14.2. The highest BCUT2D eigenvalue weighted by Crippen LogP contribution is 2.34. The van der Waals surface area contributed by atoms with Crippen molar-refractivity contribution in [1.29, 1.82) is 0 Å². The minimum atomic E-state index is -4.55.